The summed E-state index contributed by atoms with van der Waals surface area (Å²) in [7, 11) is 0. The number of aromatic nitrogens is 3. The molecule has 1 aromatic heterocycles. The minimum Gasteiger partial charge on any atom is -0.306 e. The Balaban J connectivity index is 1.67. The fraction of sp³-hybridized carbons (Fsp3) is 0.429. The van der Waals surface area contributed by atoms with Gasteiger partial charge in [0, 0.05) is 22.7 Å². The first-order valence-corrected chi connectivity index (χ1v) is 7.67. The summed E-state index contributed by atoms with van der Waals surface area (Å²) in [5.41, 5.74) is 1.11. The van der Waals surface area contributed by atoms with E-state index in [1.54, 1.807) is 6.33 Å². The first kappa shape index (κ1) is 12.7. The highest BCUT2D eigenvalue weighted by Crippen LogP contribution is 2.26. The highest BCUT2D eigenvalue weighted by molar-refractivity contribution is 8.00. The fourth-order valence-corrected chi connectivity index (χ4v) is 3.56. The van der Waals surface area contributed by atoms with Gasteiger partial charge in [0.05, 0.1) is 6.54 Å². The summed E-state index contributed by atoms with van der Waals surface area (Å²) in [5.74, 6) is 2.16. The van der Waals surface area contributed by atoms with Crippen LogP contribution in [-0.2, 0) is 6.54 Å². The molecular weight excluding hydrogens is 256 g/mol. The summed E-state index contributed by atoms with van der Waals surface area (Å²) in [6.45, 7) is 3.06. The molecule has 0 unspecified atom stereocenters. The summed E-state index contributed by atoms with van der Waals surface area (Å²) in [6, 6.07) is 10.8. The molecule has 0 spiro atoms. The molecule has 0 bridgehead atoms. The number of para-hydroxylation sites is 1. The van der Waals surface area contributed by atoms with E-state index in [4.69, 9.17) is 0 Å². The monoisotopic (exact) mass is 274 g/mol. The predicted molar refractivity (Wildman–Crippen MR) is 78.5 cm³/mol. The van der Waals surface area contributed by atoms with Gasteiger partial charge in [-0.05, 0) is 18.6 Å². The van der Waals surface area contributed by atoms with E-state index in [1.165, 1.54) is 12.2 Å². The maximum Gasteiger partial charge on any atom is 0.151 e. The van der Waals surface area contributed by atoms with Gasteiger partial charge in [-0.15, -0.1) is 10.2 Å². The van der Waals surface area contributed by atoms with Crippen molar-refractivity contribution in [1.82, 2.24) is 20.1 Å². The highest BCUT2D eigenvalue weighted by Gasteiger charge is 2.21. The molecule has 0 aliphatic carbocycles. The van der Waals surface area contributed by atoms with E-state index in [0.717, 1.165) is 23.3 Å². The number of nitrogens with one attached hydrogen (secondary N) is 1. The van der Waals surface area contributed by atoms with Crippen molar-refractivity contribution in [3.05, 3.63) is 42.5 Å². The molecule has 1 aliphatic heterocycles. The average molecular weight is 274 g/mol. The van der Waals surface area contributed by atoms with E-state index in [-0.39, 0.29) is 0 Å². The Morgan fingerprint density at radius 3 is 2.95 bits per heavy atom. The van der Waals surface area contributed by atoms with Crippen molar-refractivity contribution in [1.29, 1.82) is 0 Å². The summed E-state index contributed by atoms with van der Waals surface area (Å²) < 4.78 is 2.04. The van der Waals surface area contributed by atoms with Crippen LogP contribution in [0, 0.1) is 0 Å². The van der Waals surface area contributed by atoms with E-state index in [1.807, 2.05) is 34.5 Å². The number of thioether (sulfide) groups is 1. The molecular formula is C14H18N4S. The van der Waals surface area contributed by atoms with Crippen molar-refractivity contribution in [2.45, 2.75) is 31.2 Å². The second-order valence-corrected chi connectivity index (χ2v) is 6.38. The Morgan fingerprint density at radius 1 is 1.37 bits per heavy atom. The van der Waals surface area contributed by atoms with Gasteiger partial charge in [-0.3, -0.25) is 4.57 Å². The molecule has 5 heteroatoms. The summed E-state index contributed by atoms with van der Waals surface area (Å²) in [5, 5.41) is 12.6. The molecule has 2 atom stereocenters. The highest BCUT2D eigenvalue weighted by atomic mass is 32.2. The topological polar surface area (TPSA) is 42.7 Å². The Hall–Kier alpha value is -1.33. The molecule has 1 saturated heterocycles. The van der Waals surface area contributed by atoms with E-state index in [9.17, 15) is 0 Å². The molecule has 4 nitrogen and oxygen atoms in total. The smallest absolute Gasteiger partial charge is 0.151 e. The lowest BCUT2D eigenvalue weighted by molar-refractivity contribution is 0.524. The predicted octanol–water partition coefficient (Wildman–Crippen LogP) is 2.25. The van der Waals surface area contributed by atoms with Crippen LogP contribution in [0.25, 0.3) is 5.69 Å². The summed E-state index contributed by atoms with van der Waals surface area (Å²) in [6.07, 6.45) is 3.02. The van der Waals surface area contributed by atoms with Gasteiger partial charge < -0.3 is 5.32 Å². The molecule has 2 heterocycles. The average Bonchev–Trinajstić information content (AvgIpc) is 3.06. The normalized spacial score (nSPS) is 22.8. The Morgan fingerprint density at radius 2 is 2.21 bits per heavy atom. The SMILES string of the molecule is C[C@H]1C[C@@H](NCc2nncn2-c2ccccc2)CS1. The molecule has 19 heavy (non-hydrogen) atoms. The number of hydrogen-bond acceptors (Lipinski definition) is 4. The molecule has 100 valence electrons. The van der Waals surface area contributed by atoms with Gasteiger partial charge in [0.25, 0.3) is 0 Å². The van der Waals surface area contributed by atoms with Crippen LogP contribution in [0.5, 0.6) is 0 Å². The third kappa shape index (κ3) is 2.98. The Kier molecular flexibility index (Phi) is 3.84. The van der Waals surface area contributed by atoms with Crippen LogP contribution in [0.4, 0.5) is 0 Å². The number of benzene rings is 1. The summed E-state index contributed by atoms with van der Waals surface area (Å²) >= 11 is 2.04. The van der Waals surface area contributed by atoms with Crippen LogP contribution in [0.2, 0.25) is 0 Å². The molecule has 2 aromatic rings. The van der Waals surface area contributed by atoms with Crippen LogP contribution in [0.15, 0.2) is 36.7 Å². The van der Waals surface area contributed by atoms with Crippen LogP contribution < -0.4 is 5.32 Å². The van der Waals surface area contributed by atoms with Crippen molar-refractivity contribution in [2.75, 3.05) is 5.75 Å². The van der Waals surface area contributed by atoms with Gasteiger partial charge in [0.2, 0.25) is 0 Å². The van der Waals surface area contributed by atoms with Crippen molar-refractivity contribution in [2.24, 2.45) is 0 Å². The van der Waals surface area contributed by atoms with E-state index in [0.29, 0.717) is 6.04 Å². The lowest BCUT2D eigenvalue weighted by Gasteiger charge is -2.12. The Labute approximate surface area is 117 Å². The molecule has 0 saturated carbocycles. The number of rotatable bonds is 4. The van der Waals surface area contributed by atoms with Crippen LogP contribution in [0.3, 0.4) is 0 Å². The van der Waals surface area contributed by atoms with Gasteiger partial charge in [-0.25, -0.2) is 0 Å². The second-order valence-electron chi connectivity index (χ2n) is 4.91. The molecule has 0 radical (unpaired) electrons. The van der Waals surface area contributed by atoms with Gasteiger partial charge in [0.1, 0.15) is 6.33 Å². The number of hydrogen-bond donors (Lipinski definition) is 1. The zero-order valence-electron chi connectivity index (χ0n) is 11.0. The summed E-state index contributed by atoms with van der Waals surface area (Å²) in [4.78, 5) is 0. The zero-order chi connectivity index (χ0) is 13.1. The van der Waals surface area contributed by atoms with E-state index in [2.05, 4.69) is 34.6 Å². The largest absolute Gasteiger partial charge is 0.306 e. The minimum absolute atomic E-state index is 0.598. The lowest BCUT2D eigenvalue weighted by atomic mass is 10.2. The first-order chi connectivity index (χ1) is 9.33. The van der Waals surface area contributed by atoms with Gasteiger partial charge >= 0.3 is 0 Å². The molecule has 3 rings (SSSR count). The van der Waals surface area contributed by atoms with Crippen molar-refractivity contribution in [3.63, 3.8) is 0 Å². The van der Waals surface area contributed by atoms with Crippen molar-refractivity contribution >= 4 is 11.8 Å². The third-order valence-corrected chi connectivity index (χ3v) is 4.76. The molecule has 1 aliphatic rings. The zero-order valence-corrected chi connectivity index (χ0v) is 11.8. The van der Waals surface area contributed by atoms with E-state index >= 15 is 0 Å². The van der Waals surface area contributed by atoms with Crippen LogP contribution in [0.1, 0.15) is 19.2 Å². The Bertz CT molecular complexity index is 525. The maximum atomic E-state index is 4.22. The quantitative estimate of drug-likeness (QED) is 0.928. The maximum absolute atomic E-state index is 4.22. The standard InChI is InChI=1S/C14H18N4S/c1-11-7-12(9-19-11)15-8-14-17-16-10-18(14)13-5-3-2-4-6-13/h2-6,10-12,15H,7-9H2,1H3/t11-,12+/m0/s1. The second kappa shape index (κ2) is 5.75. The van der Waals surface area contributed by atoms with Gasteiger partial charge in [0.15, 0.2) is 5.82 Å². The molecule has 0 amide bonds. The third-order valence-electron chi connectivity index (χ3n) is 3.40. The van der Waals surface area contributed by atoms with E-state index < -0.39 is 0 Å². The molecule has 1 fully saturated rings. The molecule has 1 N–H and O–H groups in total. The molecule has 1 aromatic carbocycles. The fourth-order valence-electron chi connectivity index (χ4n) is 2.38. The van der Waals surface area contributed by atoms with Crippen molar-refractivity contribution in [3.8, 4) is 5.69 Å². The number of nitrogens with zero attached hydrogens (tertiary/aromatic N) is 3. The lowest BCUT2D eigenvalue weighted by Crippen LogP contribution is -2.29. The van der Waals surface area contributed by atoms with Gasteiger partial charge in [-0.2, -0.15) is 11.8 Å². The van der Waals surface area contributed by atoms with Crippen molar-refractivity contribution < 1.29 is 0 Å². The van der Waals surface area contributed by atoms with Crippen LogP contribution in [-0.4, -0.2) is 31.8 Å². The minimum atomic E-state index is 0.598. The van der Waals surface area contributed by atoms with Gasteiger partial charge in [-0.1, -0.05) is 25.1 Å². The van der Waals surface area contributed by atoms with Crippen LogP contribution >= 0.6 is 11.8 Å². The first-order valence-electron chi connectivity index (χ1n) is 6.62.